The van der Waals surface area contributed by atoms with Gasteiger partial charge in [0.15, 0.2) is 0 Å². The van der Waals surface area contributed by atoms with Gasteiger partial charge in [-0.2, -0.15) is 21.6 Å². The first kappa shape index (κ1) is 13.3. The third-order valence-corrected chi connectivity index (χ3v) is 3.43. The number of anilines is 1. The third-order valence-electron chi connectivity index (χ3n) is 1.67. The molecule has 0 saturated heterocycles. The lowest BCUT2D eigenvalue weighted by molar-refractivity contribution is -0.0429. The second-order valence-corrected chi connectivity index (χ2v) is 5.12. The van der Waals surface area contributed by atoms with Gasteiger partial charge < -0.3 is 0 Å². The molecule has 0 radical (unpaired) electrons. The summed E-state index contributed by atoms with van der Waals surface area (Å²) in [6.07, 6.45) is 0. The first-order valence-electron chi connectivity index (χ1n) is 4.00. The van der Waals surface area contributed by atoms with E-state index in [9.17, 15) is 21.6 Å². The molecule has 0 bridgehead atoms. The normalized spacial score (nSPS) is 12.5. The van der Waals surface area contributed by atoms with E-state index in [1.807, 2.05) is 0 Å². The van der Waals surface area contributed by atoms with E-state index in [-0.39, 0.29) is 5.69 Å². The standard InChI is InChI=1S/C8H7BrF3NO2S/c9-5-6-1-3-7(4-2-6)13-16(14,15)8(10,11)12/h1-4,13H,5H2. The molecule has 0 heterocycles. The summed E-state index contributed by atoms with van der Waals surface area (Å²) in [6, 6.07) is 5.56. The molecule has 0 unspecified atom stereocenters. The van der Waals surface area contributed by atoms with Crippen LogP contribution in [-0.4, -0.2) is 13.9 Å². The summed E-state index contributed by atoms with van der Waals surface area (Å²) in [5, 5.41) is 0.541. The SMILES string of the molecule is O=S(=O)(Nc1ccc(CBr)cc1)C(F)(F)F. The lowest BCUT2D eigenvalue weighted by atomic mass is 10.2. The fourth-order valence-corrected chi connectivity index (χ4v) is 1.81. The van der Waals surface area contributed by atoms with Gasteiger partial charge in [-0.3, -0.25) is 4.72 Å². The molecule has 0 aliphatic rings. The van der Waals surface area contributed by atoms with Gasteiger partial charge in [0, 0.05) is 11.0 Å². The van der Waals surface area contributed by atoms with Gasteiger partial charge in [0.05, 0.1) is 0 Å². The number of hydrogen-bond acceptors (Lipinski definition) is 2. The Balaban J connectivity index is 2.89. The summed E-state index contributed by atoms with van der Waals surface area (Å²) in [4.78, 5) is 0. The van der Waals surface area contributed by atoms with Crippen LogP contribution in [0.3, 0.4) is 0 Å². The Morgan fingerprint density at radius 3 is 2.06 bits per heavy atom. The van der Waals surface area contributed by atoms with Crippen molar-refractivity contribution in [3.8, 4) is 0 Å². The van der Waals surface area contributed by atoms with Crippen LogP contribution in [-0.2, 0) is 15.4 Å². The number of halogens is 4. The summed E-state index contributed by atoms with van der Waals surface area (Å²) in [5.41, 5.74) is -4.60. The highest BCUT2D eigenvalue weighted by atomic mass is 79.9. The van der Waals surface area contributed by atoms with E-state index in [2.05, 4.69) is 15.9 Å². The van der Waals surface area contributed by atoms with Gasteiger partial charge in [0.2, 0.25) is 0 Å². The van der Waals surface area contributed by atoms with Crippen molar-refractivity contribution in [1.29, 1.82) is 0 Å². The van der Waals surface area contributed by atoms with Crippen LogP contribution < -0.4 is 4.72 Å². The highest BCUT2D eigenvalue weighted by molar-refractivity contribution is 9.08. The predicted octanol–water partition coefficient (Wildman–Crippen LogP) is 2.84. The molecule has 0 amide bonds. The van der Waals surface area contributed by atoms with Crippen molar-refractivity contribution in [2.24, 2.45) is 0 Å². The van der Waals surface area contributed by atoms with E-state index in [1.54, 1.807) is 0 Å². The van der Waals surface area contributed by atoms with E-state index in [0.29, 0.717) is 5.33 Å². The van der Waals surface area contributed by atoms with E-state index in [4.69, 9.17) is 0 Å². The molecule has 0 aromatic heterocycles. The molecule has 16 heavy (non-hydrogen) atoms. The Hall–Kier alpha value is -0.760. The topological polar surface area (TPSA) is 46.2 Å². The van der Waals surface area contributed by atoms with Gasteiger partial charge in [0.25, 0.3) is 0 Å². The zero-order valence-corrected chi connectivity index (χ0v) is 10.2. The molecule has 8 heteroatoms. The largest absolute Gasteiger partial charge is 0.516 e. The van der Waals surface area contributed by atoms with E-state index in [0.717, 1.165) is 5.56 Å². The first-order valence-corrected chi connectivity index (χ1v) is 6.61. The van der Waals surface area contributed by atoms with E-state index >= 15 is 0 Å². The van der Waals surface area contributed by atoms with Gasteiger partial charge in [-0.15, -0.1) is 0 Å². The fourth-order valence-electron chi connectivity index (χ4n) is 0.875. The molecule has 1 aromatic carbocycles. The van der Waals surface area contributed by atoms with Gasteiger partial charge >= 0.3 is 15.5 Å². The van der Waals surface area contributed by atoms with Crippen LogP contribution in [0.15, 0.2) is 24.3 Å². The predicted molar refractivity (Wildman–Crippen MR) is 57.7 cm³/mol. The monoisotopic (exact) mass is 317 g/mol. The number of rotatable bonds is 3. The van der Waals surface area contributed by atoms with Crippen molar-refractivity contribution < 1.29 is 21.6 Å². The van der Waals surface area contributed by atoms with Crippen LogP contribution in [0.5, 0.6) is 0 Å². The minimum absolute atomic E-state index is 0.123. The van der Waals surface area contributed by atoms with Crippen molar-refractivity contribution in [2.45, 2.75) is 10.8 Å². The number of benzene rings is 1. The second-order valence-electron chi connectivity index (χ2n) is 2.88. The van der Waals surface area contributed by atoms with Crippen molar-refractivity contribution >= 4 is 31.6 Å². The maximum Gasteiger partial charge on any atom is 0.516 e. The molecule has 0 fully saturated rings. The Labute approximate surface area is 98.8 Å². The van der Waals surface area contributed by atoms with Crippen LogP contribution in [0.4, 0.5) is 18.9 Å². The van der Waals surface area contributed by atoms with E-state index < -0.39 is 15.5 Å². The van der Waals surface area contributed by atoms with Crippen molar-refractivity contribution in [1.82, 2.24) is 0 Å². The summed E-state index contributed by atoms with van der Waals surface area (Å²) in [5.74, 6) is 0. The molecular formula is C8H7BrF3NO2S. The molecule has 0 spiro atoms. The quantitative estimate of drug-likeness (QED) is 0.871. The molecular weight excluding hydrogens is 311 g/mol. The van der Waals surface area contributed by atoms with Crippen LogP contribution in [0.25, 0.3) is 0 Å². The summed E-state index contributed by atoms with van der Waals surface area (Å²) < 4.78 is 58.9. The molecule has 3 nitrogen and oxygen atoms in total. The zero-order valence-electron chi connectivity index (χ0n) is 7.75. The second kappa shape index (κ2) is 4.62. The minimum atomic E-state index is -5.33. The van der Waals surface area contributed by atoms with Gasteiger partial charge in [-0.25, -0.2) is 0 Å². The Morgan fingerprint density at radius 2 is 1.69 bits per heavy atom. The Bertz CT molecular complexity index is 455. The first-order chi connectivity index (χ1) is 7.26. The van der Waals surface area contributed by atoms with Crippen molar-refractivity contribution in [2.75, 3.05) is 4.72 Å². The van der Waals surface area contributed by atoms with Crippen LogP contribution >= 0.6 is 15.9 Å². The average molecular weight is 318 g/mol. The lowest BCUT2D eigenvalue weighted by Crippen LogP contribution is -2.29. The molecule has 0 aliphatic carbocycles. The maximum atomic E-state index is 12.0. The number of hydrogen-bond donors (Lipinski definition) is 1. The summed E-state index contributed by atoms with van der Waals surface area (Å²) in [6.45, 7) is 0. The molecule has 1 N–H and O–H groups in total. The zero-order chi connectivity index (χ0) is 12.4. The minimum Gasteiger partial charge on any atom is -0.276 e. The lowest BCUT2D eigenvalue weighted by Gasteiger charge is -2.10. The van der Waals surface area contributed by atoms with Crippen molar-refractivity contribution in [3.63, 3.8) is 0 Å². The van der Waals surface area contributed by atoms with Crippen LogP contribution in [0.2, 0.25) is 0 Å². The molecule has 0 atom stereocenters. The average Bonchev–Trinajstić information content (AvgIpc) is 2.16. The number of sulfonamides is 1. The molecule has 1 aromatic rings. The smallest absolute Gasteiger partial charge is 0.276 e. The van der Waals surface area contributed by atoms with Gasteiger partial charge in [-0.05, 0) is 17.7 Å². The van der Waals surface area contributed by atoms with Gasteiger partial charge in [0.1, 0.15) is 0 Å². The molecule has 0 saturated carbocycles. The molecule has 0 aliphatic heterocycles. The molecule has 1 rings (SSSR count). The maximum absolute atomic E-state index is 12.0. The number of nitrogens with one attached hydrogen (secondary N) is 1. The molecule has 90 valence electrons. The third kappa shape index (κ3) is 3.11. The Kier molecular flexibility index (Phi) is 3.84. The van der Waals surface area contributed by atoms with Crippen LogP contribution in [0.1, 0.15) is 5.56 Å². The summed E-state index contributed by atoms with van der Waals surface area (Å²) >= 11 is 3.16. The Morgan fingerprint density at radius 1 is 1.19 bits per heavy atom. The van der Waals surface area contributed by atoms with Crippen molar-refractivity contribution in [3.05, 3.63) is 29.8 Å². The summed E-state index contributed by atoms with van der Waals surface area (Å²) in [7, 11) is -5.33. The fraction of sp³-hybridized carbons (Fsp3) is 0.250. The highest BCUT2D eigenvalue weighted by Gasteiger charge is 2.45. The van der Waals surface area contributed by atoms with Crippen LogP contribution in [0, 0.1) is 0 Å². The van der Waals surface area contributed by atoms with Gasteiger partial charge in [-0.1, -0.05) is 28.1 Å². The van der Waals surface area contributed by atoms with E-state index in [1.165, 1.54) is 29.0 Å². The highest BCUT2D eigenvalue weighted by Crippen LogP contribution is 2.25. The number of alkyl halides is 4.